The second-order valence-electron chi connectivity index (χ2n) is 5.23. The molecule has 3 heteroatoms. The van der Waals surface area contributed by atoms with Gasteiger partial charge in [0.1, 0.15) is 5.82 Å². The Morgan fingerprint density at radius 3 is 2.50 bits per heavy atom. The Balaban J connectivity index is 2.23. The normalized spacial score (nSPS) is 19.5. The van der Waals surface area contributed by atoms with Crippen molar-refractivity contribution in [3.05, 3.63) is 35.1 Å². The van der Waals surface area contributed by atoms with Gasteiger partial charge < -0.3 is 5.73 Å². The monoisotopic (exact) mass is 250 g/mol. The number of aryl methyl sites for hydroxylation is 1. The molecule has 2 nitrogen and oxygen atoms in total. The van der Waals surface area contributed by atoms with Crippen molar-refractivity contribution in [1.29, 1.82) is 0 Å². The molecule has 18 heavy (non-hydrogen) atoms. The van der Waals surface area contributed by atoms with E-state index in [9.17, 15) is 4.39 Å². The summed E-state index contributed by atoms with van der Waals surface area (Å²) in [6.07, 6.45) is 4.96. The molecule has 1 aliphatic rings. The van der Waals surface area contributed by atoms with Gasteiger partial charge in [-0.05, 0) is 38.9 Å². The highest BCUT2D eigenvalue weighted by Gasteiger charge is 2.22. The van der Waals surface area contributed by atoms with E-state index in [0.717, 1.165) is 24.2 Å². The molecule has 1 fully saturated rings. The summed E-state index contributed by atoms with van der Waals surface area (Å²) in [6.45, 7) is 4.56. The summed E-state index contributed by atoms with van der Waals surface area (Å²) in [5.74, 6) is -0.125. The second-order valence-corrected chi connectivity index (χ2v) is 5.23. The van der Waals surface area contributed by atoms with Crippen LogP contribution in [0.25, 0.3) is 0 Å². The Bertz CT molecular complexity index is 384. The molecule has 0 radical (unpaired) electrons. The molecule has 0 saturated carbocycles. The molecule has 1 aliphatic heterocycles. The summed E-state index contributed by atoms with van der Waals surface area (Å²) in [4.78, 5) is 2.35. The standard InChI is InChI=1S/C15H23FN2/c1-12-6-7-14(16)13(10-12)15(11-17)18-8-4-2-3-5-9-18/h6-7,10,15H,2-5,8-9,11,17H2,1H3. The maximum atomic E-state index is 14.0. The number of hydrogen-bond acceptors (Lipinski definition) is 2. The summed E-state index contributed by atoms with van der Waals surface area (Å²) < 4.78 is 14.0. The summed E-state index contributed by atoms with van der Waals surface area (Å²) >= 11 is 0. The minimum Gasteiger partial charge on any atom is -0.329 e. The molecular formula is C15H23FN2. The molecule has 0 aromatic heterocycles. The second kappa shape index (κ2) is 6.30. The van der Waals surface area contributed by atoms with Gasteiger partial charge in [0, 0.05) is 18.2 Å². The van der Waals surface area contributed by atoms with Crippen LogP contribution in [0, 0.1) is 12.7 Å². The van der Waals surface area contributed by atoms with Gasteiger partial charge in [0.2, 0.25) is 0 Å². The molecule has 0 spiro atoms. The van der Waals surface area contributed by atoms with Gasteiger partial charge in [-0.2, -0.15) is 0 Å². The fourth-order valence-corrected chi connectivity index (χ4v) is 2.80. The Morgan fingerprint density at radius 1 is 1.22 bits per heavy atom. The number of hydrogen-bond donors (Lipinski definition) is 1. The maximum absolute atomic E-state index is 14.0. The lowest BCUT2D eigenvalue weighted by atomic mass is 10.0. The Labute approximate surface area is 109 Å². The molecule has 1 aromatic carbocycles. The molecule has 0 bridgehead atoms. The molecule has 100 valence electrons. The van der Waals surface area contributed by atoms with Crippen molar-refractivity contribution in [1.82, 2.24) is 4.90 Å². The molecule has 2 rings (SSSR count). The SMILES string of the molecule is Cc1ccc(F)c(C(CN)N2CCCCCC2)c1. The van der Waals surface area contributed by atoms with Gasteiger partial charge in [0.15, 0.2) is 0 Å². The predicted octanol–water partition coefficient (Wildman–Crippen LogP) is 3.01. The lowest BCUT2D eigenvalue weighted by Gasteiger charge is -2.30. The smallest absolute Gasteiger partial charge is 0.128 e. The van der Waals surface area contributed by atoms with Gasteiger partial charge in [-0.15, -0.1) is 0 Å². The van der Waals surface area contributed by atoms with E-state index in [1.807, 2.05) is 19.1 Å². The Morgan fingerprint density at radius 2 is 1.89 bits per heavy atom. The lowest BCUT2D eigenvalue weighted by Crippen LogP contribution is -2.35. The van der Waals surface area contributed by atoms with E-state index in [2.05, 4.69) is 4.90 Å². The summed E-state index contributed by atoms with van der Waals surface area (Å²) in [5.41, 5.74) is 7.76. The van der Waals surface area contributed by atoms with Crippen LogP contribution in [-0.4, -0.2) is 24.5 Å². The average molecular weight is 250 g/mol. The van der Waals surface area contributed by atoms with Gasteiger partial charge >= 0.3 is 0 Å². The third kappa shape index (κ3) is 3.09. The van der Waals surface area contributed by atoms with Crippen molar-refractivity contribution in [3.63, 3.8) is 0 Å². The quantitative estimate of drug-likeness (QED) is 0.893. The molecule has 1 atom stereocenters. The topological polar surface area (TPSA) is 29.3 Å². The number of benzene rings is 1. The van der Waals surface area contributed by atoms with Gasteiger partial charge in [0.05, 0.1) is 0 Å². The van der Waals surface area contributed by atoms with Crippen molar-refractivity contribution in [3.8, 4) is 0 Å². The first kappa shape index (κ1) is 13.5. The number of nitrogens with two attached hydrogens (primary N) is 1. The van der Waals surface area contributed by atoms with Crippen LogP contribution in [0.1, 0.15) is 42.9 Å². The van der Waals surface area contributed by atoms with Crippen molar-refractivity contribution in [2.45, 2.75) is 38.6 Å². The minimum atomic E-state index is -0.125. The van der Waals surface area contributed by atoms with Gasteiger partial charge in [-0.25, -0.2) is 4.39 Å². The first-order chi connectivity index (χ1) is 8.72. The van der Waals surface area contributed by atoms with E-state index < -0.39 is 0 Å². The van der Waals surface area contributed by atoms with Crippen molar-refractivity contribution < 1.29 is 4.39 Å². The van der Waals surface area contributed by atoms with Gasteiger partial charge in [-0.1, -0.05) is 30.5 Å². The molecular weight excluding hydrogens is 227 g/mol. The zero-order valence-electron chi connectivity index (χ0n) is 11.2. The molecule has 1 unspecified atom stereocenters. The van der Waals surface area contributed by atoms with Crippen LogP contribution in [0.5, 0.6) is 0 Å². The average Bonchev–Trinajstić information content (AvgIpc) is 2.64. The van der Waals surface area contributed by atoms with Crippen LogP contribution in [0.2, 0.25) is 0 Å². The molecule has 2 N–H and O–H groups in total. The number of nitrogens with zero attached hydrogens (tertiary/aromatic N) is 1. The summed E-state index contributed by atoms with van der Waals surface area (Å²) in [5, 5.41) is 0. The Hall–Kier alpha value is -0.930. The fourth-order valence-electron chi connectivity index (χ4n) is 2.80. The van der Waals surface area contributed by atoms with E-state index >= 15 is 0 Å². The molecule has 1 aromatic rings. The van der Waals surface area contributed by atoms with Crippen LogP contribution < -0.4 is 5.73 Å². The van der Waals surface area contributed by atoms with E-state index in [0.29, 0.717) is 6.54 Å². The molecule has 1 saturated heterocycles. The van der Waals surface area contributed by atoms with Gasteiger partial charge in [-0.3, -0.25) is 4.90 Å². The summed E-state index contributed by atoms with van der Waals surface area (Å²) in [6, 6.07) is 5.35. The first-order valence-electron chi connectivity index (χ1n) is 6.92. The molecule has 0 aliphatic carbocycles. The lowest BCUT2D eigenvalue weighted by molar-refractivity contribution is 0.205. The minimum absolute atomic E-state index is 0.0306. The van der Waals surface area contributed by atoms with E-state index in [1.165, 1.54) is 25.7 Å². The first-order valence-corrected chi connectivity index (χ1v) is 6.92. The highest BCUT2D eigenvalue weighted by atomic mass is 19.1. The third-order valence-electron chi connectivity index (χ3n) is 3.82. The number of halogens is 1. The third-order valence-corrected chi connectivity index (χ3v) is 3.82. The van der Waals surface area contributed by atoms with Crippen molar-refractivity contribution in [2.24, 2.45) is 5.73 Å². The zero-order chi connectivity index (χ0) is 13.0. The zero-order valence-corrected chi connectivity index (χ0v) is 11.2. The van der Waals surface area contributed by atoms with Crippen molar-refractivity contribution >= 4 is 0 Å². The molecule has 0 amide bonds. The van der Waals surface area contributed by atoms with Crippen molar-refractivity contribution in [2.75, 3.05) is 19.6 Å². The van der Waals surface area contributed by atoms with Crippen LogP contribution in [-0.2, 0) is 0 Å². The summed E-state index contributed by atoms with van der Waals surface area (Å²) in [7, 11) is 0. The highest BCUT2D eigenvalue weighted by Crippen LogP contribution is 2.26. The van der Waals surface area contributed by atoms with Crippen LogP contribution in [0.4, 0.5) is 4.39 Å². The highest BCUT2D eigenvalue weighted by molar-refractivity contribution is 5.27. The molecule has 1 heterocycles. The van der Waals surface area contributed by atoms with E-state index in [4.69, 9.17) is 5.73 Å². The largest absolute Gasteiger partial charge is 0.329 e. The van der Waals surface area contributed by atoms with Crippen LogP contribution in [0.3, 0.4) is 0 Å². The van der Waals surface area contributed by atoms with E-state index in [-0.39, 0.29) is 11.9 Å². The number of likely N-dealkylation sites (tertiary alicyclic amines) is 1. The fraction of sp³-hybridized carbons (Fsp3) is 0.600. The van der Waals surface area contributed by atoms with E-state index in [1.54, 1.807) is 6.07 Å². The predicted molar refractivity (Wildman–Crippen MR) is 73.0 cm³/mol. The van der Waals surface area contributed by atoms with Crippen LogP contribution >= 0.6 is 0 Å². The number of rotatable bonds is 3. The van der Waals surface area contributed by atoms with Gasteiger partial charge in [0.25, 0.3) is 0 Å². The van der Waals surface area contributed by atoms with Crippen LogP contribution in [0.15, 0.2) is 18.2 Å². The maximum Gasteiger partial charge on any atom is 0.128 e. The Kier molecular flexibility index (Phi) is 4.72.